The Kier molecular flexibility index (Phi) is 7.10. The van der Waals surface area contributed by atoms with Crippen molar-refractivity contribution in [1.29, 1.82) is 0 Å². The fraction of sp³-hybridized carbons (Fsp3) is 1.00. The molecule has 0 N–H and O–H groups in total. The Labute approximate surface area is 163 Å². The molecule has 0 unspecified atom stereocenters. The van der Waals surface area contributed by atoms with Gasteiger partial charge in [0.15, 0.2) is 0 Å². The normalized spacial score (nSPS) is 16.9. The van der Waals surface area contributed by atoms with E-state index in [-0.39, 0.29) is 0 Å². The molecule has 0 saturated heterocycles. The van der Waals surface area contributed by atoms with Gasteiger partial charge in [-0.15, -0.1) is 0 Å². The predicted molar refractivity (Wildman–Crippen MR) is 52.8 cm³/mol. The summed E-state index contributed by atoms with van der Waals surface area (Å²) >= 11 is 0. The molecule has 0 spiro atoms. The van der Waals surface area contributed by atoms with E-state index < -0.39 is 60.1 Å². The SMILES string of the molecule is FC(F)(F)C(F)(F)C(F)(F)OC(F)(F)C(F)(F)C(F)(F)C(F)(F)C(F)(F)C(F)(F)C(F)(F)F. The summed E-state index contributed by atoms with van der Waals surface area (Å²) in [5.41, 5.74) is 0. The van der Waals surface area contributed by atoms with Gasteiger partial charge in [-0.05, 0) is 0 Å². The topological polar surface area (TPSA) is 9.23 Å². The van der Waals surface area contributed by atoms with E-state index in [1.165, 1.54) is 0 Å². The fourth-order valence-corrected chi connectivity index (χ4v) is 1.41. The van der Waals surface area contributed by atoms with Crippen LogP contribution in [0.4, 0.5) is 96.6 Å². The average molecular weight is 554 g/mol. The second kappa shape index (κ2) is 7.46. The third-order valence-corrected chi connectivity index (χ3v) is 3.28. The molecule has 0 aliphatic rings. The van der Waals surface area contributed by atoms with Gasteiger partial charge in [-0.2, -0.15) is 96.6 Å². The van der Waals surface area contributed by atoms with Crippen LogP contribution in [0.5, 0.6) is 0 Å². The van der Waals surface area contributed by atoms with Gasteiger partial charge < -0.3 is 0 Å². The molecule has 0 aromatic heterocycles. The molecule has 0 aromatic rings. The Bertz CT molecular complexity index is 708. The summed E-state index contributed by atoms with van der Waals surface area (Å²) in [4.78, 5) is 0. The lowest BCUT2D eigenvalue weighted by molar-refractivity contribution is -0.523. The number of rotatable bonds is 8. The highest BCUT2D eigenvalue weighted by atomic mass is 19.4. The second-order valence-corrected chi connectivity index (χ2v) is 5.58. The van der Waals surface area contributed by atoms with E-state index >= 15 is 0 Å². The van der Waals surface area contributed by atoms with E-state index in [9.17, 15) is 96.6 Å². The van der Waals surface area contributed by atoms with Gasteiger partial charge in [-0.1, -0.05) is 0 Å². The quantitative estimate of drug-likeness (QED) is 0.291. The van der Waals surface area contributed by atoms with Gasteiger partial charge in [0.1, 0.15) is 0 Å². The summed E-state index contributed by atoms with van der Waals surface area (Å²) in [7, 11) is 0. The largest absolute Gasteiger partial charge is 0.462 e. The summed E-state index contributed by atoms with van der Waals surface area (Å²) in [6, 6.07) is 0. The first kappa shape index (κ1) is 31.4. The summed E-state index contributed by atoms with van der Waals surface area (Å²) in [6.07, 6.45) is -32.2. The molecule has 0 fully saturated rings. The highest BCUT2D eigenvalue weighted by Crippen LogP contribution is 2.63. The molecule has 0 bridgehead atoms. The van der Waals surface area contributed by atoms with Crippen LogP contribution in [0, 0.1) is 0 Å². The zero-order chi connectivity index (χ0) is 27.7. The third kappa shape index (κ3) is 4.21. The van der Waals surface area contributed by atoms with Crippen molar-refractivity contribution in [2.75, 3.05) is 0 Å². The molecule has 23 heteroatoms. The number of hydrogen-bond donors (Lipinski definition) is 0. The van der Waals surface area contributed by atoms with Crippen molar-refractivity contribution in [2.24, 2.45) is 0 Å². The molecule has 0 amide bonds. The van der Waals surface area contributed by atoms with Crippen molar-refractivity contribution < 1.29 is 101 Å². The summed E-state index contributed by atoms with van der Waals surface area (Å²) < 4.78 is 276. The van der Waals surface area contributed by atoms with Crippen molar-refractivity contribution in [2.45, 2.75) is 60.1 Å². The Morgan fingerprint density at radius 1 is 0.242 bits per heavy atom. The van der Waals surface area contributed by atoms with Crippen LogP contribution in [-0.2, 0) is 4.74 Å². The molecule has 0 aliphatic carbocycles. The molecule has 1 nitrogen and oxygen atoms in total. The Morgan fingerprint density at radius 2 is 0.455 bits per heavy atom. The van der Waals surface area contributed by atoms with E-state index in [2.05, 4.69) is 0 Å². The van der Waals surface area contributed by atoms with E-state index in [1.807, 2.05) is 0 Å². The number of alkyl halides is 22. The molecule has 0 aliphatic heterocycles. The minimum absolute atomic E-state index is 0.874. The highest BCUT2D eigenvalue weighted by molar-refractivity contribution is 5.12. The van der Waals surface area contributed by atoms with Crippen molar-refractivity contribution >= 4 is 0 Å². The molecule has 0 radical (unpaired) electrons. The van der Waals surface area contributed by atoms with E-state index in [0.717, 1.165) is 4.74 Å². The maximum Gasteiger partial charge on any atom is 0.462 e. The molecule has 0 heterocycles. The van der Waals surface area contributed by atoms with Gasteiger partial charge in [0.25, 0.3) is 0 Å². The van der Waals surface area contributed by atoms with Gasteiger partial charge in [0.2, 0.25) is 0 Å². The van der Waals surface area contributed by atoms with Crippen LogP contribution in [0.1, 0.15) is 0 Å². The molecular formula is C10F22O. The molecule has 33 heavy (non-hydrogen) atoms. The van der Waals surface area contributed by atoms with Crippen LogP contribution in [0.15, 0.2) is 0 Å². The predicted octanol–water partition coefficient (Wildman–Crippen LogP) is 7.13. The van der Waals surface area contributed by atoms with Crippen molar-refractivity contribution in [3.05, 3.63) is 0 Å². The maximum absolute atomic E-state index is 13.1. The second-order valence-electron chi connectivity index (χ2n) is 5.58. The van der Waals surface area contributed by atoms with Crippen LogP contribution in [-0.4, -0.2) is 60.1 Å². The van der Waals surface area contributed by atoms with E-state index in [1.54, 1.807) is 0 Å². The first-order chi connectivity index (χ1) is 13.7. The summed E-state index contributed by atoms with van der Waals surface area (Å²) in [5, 5.41) is 0. The van der Waals surface area contributed by atoms with Crippen molar-refractivity contribution in [3.8, 4) is 0 Å². The van der Waals surface area contributed by atoms with Crippen LogP contribution < -0.4 is 0 Å². The van der Waals surface area contributed by atoms with Crippen LogP contribution in [0.3, 0.4) is 0 Å². The maximum atomic E-state index is 13.1. The average Bonchev–Trinajstić information content (AvgIpc) is 2.50. The summed E-state index contributed by atoms with van der Waals surface area (Å²) in [6.45, 7) is 0. The van der Waals surface area contributed by atoms with Gasteiger partial charge in [0.05, 0.1) is 0 Å². The van der Waals surface area contributed by atoms with Gasteiger partial charge >= 0.3 is 60.1 Å². The lowest BCUT2D eigenvalue weighted by atomic mass is 9.93. The fourth-order valence-electron chi connectivity index (χ4n) is 1.41. The smallest absolute Gasteiger partial charge is 0.245 e. The van der Waals surface area contributed by atoms with Gasteiger partial charge in [-0.3, -0.25) is 0 Å². The molecule has 200 valence electrons. The Balaban J connectivity index is 6.67. The van der Waals surface area contributed by atoms with Crippen LogP contribution in [0.2, 0.25) is 0 Å². The van der Waals surface area contributed by atoms with Gasteiger partial charge in [-0.25, -0.2) is 4.74 Å². The van der Waals surface area contributed by atoms with Crippen LogP contribution in [0.25, 0.3) is 0 Å². The minimum Gasteiger partial charge on any atom is -0.245 e. The van der Waals surface area contributed by atoms with Crippen molar-refractivity contribution in [1.82, 2.24) is 0 Å². The lowest BCUT2D eigenvalue weighted by Gasteiger charge is -2.41. The van der Waals surface area contributed by atoms with Gasteiger partial charge in [0, 0.05) is 0 Å². The molecule has 0 aromatic carbocycles. The van der Waals surface area contributed by atoms with Crippen LogP contribution >= 0.6 is 0 Å². The standard InChI is InChI=1S/C10F22O/c11-1(12,2(13,14)4(17,18)7(23,24)25)3(15,16)5(19,20)9(29,30)33-10(31,32)6(21,22)8(26,27)28. The monoisotopic (exact) mass is 554 g/mol. The molecule has 0 atom stereocenters. The lowest BCUT2D eigenvalue weighted by Crippen LogP contribution is -2.73. The molecule has 0 rings (SSSR count). The molecular weight excluding hydrogens is 554 g/mol. The first-order valence-corrected chi connectivity index (χ1v) is 6.57. The third-order valence-electron chi connectivity index (χ3n) is 3.28. The number of ether oxygens (including phenoxy) is 1. The highest BCUT2D eigenvalue weighted by Gasteiger charge is 2.94. The molecule has 0 saturated carbocycles. The summed E-state index contributed by atoms with van der Waals surface area (Å²) in [5.74, 6) is -52.1. The first-order valence-electron chi connectivity index (χ1n) is 6.57. The minimum atomic E-state index is -9.02. The number of hydrogen-bond acceptors (Lipinski definition) is 1. The Morgan fingerprint density at radius 3 is 0.727 bits per heavy atom. The number of halogens is 22. The Hall–Kier alpha value is -1.58. The van der Waals surface area contributed by atoms with E-state index in [0.29, 0.717) is 0 Å². The zero-order valence-corrected chi connectivity index (χ0v) is 13.7. The van der Waals surface area contributed by atoms with E-state index in [4.69, 9.17) is 0 Å². The van der Waals surface area contributed by atoms with Crippen molar-refractivity contribution in [3.63, 3.8) is 0 Å². The zero-order valence-electron chi connectivity index (χ0n) is 13.7.